The number of Topliss-reactive ketones (excluding diaryl/α,β-unsaturated/α-hetero) is 1. The van der Waals surface area contributed by atoms with Crippen LogP contribution in [0.5, 0.6) is 0 Å². The molecular weight excluding hydrogens is 410 g/mol. The van der Waals surface area contributed by atoms with E-state index in [1.54, 1.807) is 11.6 Å². The summed E-state index contributed by atoms with van der Waals surface area (Å²) >= 11 is 0. The van der Waals surface area contributed by atoms with Gasteiger partial charge in [-0.15, -0.1) is 0 Å². The lowest BCUT2D eigenvalue weighted by atomic mass is 9.99. The number of aromatic nitrogens is 2. The molecule has 3 aliphatic heterocycles. The Morgan fingerprint density at radius 2 is 1.91 bits per heavy atom. The Bertz CT molecular complexity index is 1080. The van der Waals surface area contributed by atoms with Gasteiger partial charge in [0.2, 0.25) is 5.91 Å². The highest BCUT2D eigenvalue weighted by Gasteiger charge is 2.33. The Labute approximate surface area is 186 Å². The number of fused-ring (bicyclic) bond motifs is 1. The average Bonchev–Trinajstić information content (AvgIpc) is 3.03. The van der Waals surface area contributed by atoms with Gasteiger partial charge in [0.25, 0.3) is 0 Å². The average molecular weight is 442 g/mol. The van der Waals surface area contributed by atoms with Crippen molar-refractivity contribution in [1.82, 2.24) is 24.7 Å². The highest BCUT2D eigenvalue weighted by Crippen LogP contribution is 2.26. The predicted molar refractivity (Wildman–Crippen MR) is 119 cm³/mol. The van der Waals surface area contributed by atoms with E-state index in [0.717, 1.165) is 50.4 Å². The molecule has 4 heterocycles. The molecule has 1 aromatic carbocycles. The molecule has 3 saturated heterocycles. The van der Waals surface area contributed by atoms with Gasteiger partial charge in [-0.1, -0.05) is 12.1 Å². The lowest BCUT2D eigenvalue weighted by Crippen LogP contribution is -2.52. The van der Waals surface area contributed by atoms with Crippen molar-refractivity contribution in [2.24, 2.45) is 13.0 Å². The van der Waals surface area contributed by atoms with Crippen molar-refractivity contribution in [2.45, 2.75) is 38.0 Å². The second-order valence-corrected chi connectivity index (χ2v) is 9.32. The van der Waals surface area contributed by atoms with Crippen LogP contribution in [-0.2, 0) is 27.9 Å². The van der Waals surface area contributed by atoms with E-state index in [-0.39, 0.29) is 36.4 Å². The van der Waals surface area contributed by atoms with Gasteiger partial charge in [0.1, 0.15) is 6.04 Å². The summed E-state index contributed by atoms with van der Waals surface area (Å²) in [5.74, 6) is 0.323. The molecule has 9 nitrogen and oxygen atoms in total. The van der Waals surface area contributed by atoms with E-state index in [1.165, 1.54) is 17.4 Å². The Kier molecular flexibility index (Phi) is 5.88. The fourth-order valence-electron chi connectivity index (χ4n) is 5.16. The van der Waals surface area contributed by atoms with Gasteiger partial charge < -0.3 is 15.4 Å². The number of ether oxygens (including phenoxy) is 1. The molecule has 9 heteroatoms. The van der Waals surface area contributed by atoms with E-state index in [2.05, 4.69) is 15.5 Å². The third-order valence-electron chi connectivity index (χ3n) is 7.03. The minimum Gasteiger partial charge on any atom is -0.375 e. The van der Waals surface area contributed by atoms with Crippen molar-refractivity contribution in [3.63, 3.8) is 0 Å². The Balaban J connectivity index is 1.29. The second-order valence-electron chi connectivity index (χ2n) is 9.32. The SMILES string of the molecule is Cn1c(=O)n(C2CC(=O)CNC2=O)c2cccc(CN3CC(OCC4CCNCC4)C3)c21. The van der Waals surface area contributed by atoms with Crippen LogP contribution in [0, 0.1) is 5.92 Å². The number of para-hydroxylation sites is 1. The maximum atomic E-state index is 13.0. The molecule has 0 aliphatic carbocycles. The fourth-order valence-corrected chi connectivity index (χ4v) is 5.16. The minimum atomic E-state index is -0.792. The first-order chi connectivity index (χ1) is 15.5. The molecule has 5 rings (SSSR count). The summed E-state index contributed by atoms with van der Waals surface area (Å²) in [5, 5.41) is 5.99. The number of likely N-dealkylation sites (tertiary alicyclic amines) is 1. The largest absolute Gasteiger partial charge is 0.375 e. The van der Waals surface area contributed by atoms with Crippen molar-refractivity contribution in [3.8, 4) is 0 Å². The van der Waals surface area contributed by atoms with Crippen LogP contribution >= 0.6 is 0 Å². The van der Waals surface area contributed by atoms with Crippen molar-refractivity contribution in [3.05, 3.63) is 34.2 Å². The molecule has 0 saturated carbocycles. The monoisotopic (exact) mass is 441 g/mol. The number of piperidine rings is 2. The molecule has 1 amide bonds. The van der Waals surface area contributed by atoms with E-state index in [1.807, 2.05) is 18.2 Å². The first-order valence-corrected chi connectivity index (χ1v) is 11.5. The van der Waals surface area contributed by atoms with Crippen molar-refractivity contribution < 1.29 is 14.3 Å². The maximum absolute atomic E-state index is 13.0. The molecule has 3 fully saturated rings. The molecule has 1 unspecified atom stereocenters. The molecule has 1 atom stereocenters. The summed E-state index contributed by atoms with van der Waals surface area (Å²) in [5.41, 5.74) is 2.29. The number of rotatable bonds is 6. The predicted octanol–water partition coefficient (Wildman–Crippen LogP) is 0.171. The summed E-state index contributed by atoms with van der Waals surface area (Å²) in [6, 6.07) is 5.01. The fraction of sp³-hybridized carbons (Fsp3) is 0.609. The number of hydrogen-bond acceptors (Lipinski definition) is 6. The second kappa shape index (κ2) is 8.80. The zero-order valence-corrected chi connectivity index (χ0v) is 18.5. The van der Waals surface area contributed by atoms with E-state index < -0.39 is 6.04 Å². The van der Waals surface area contributed by atoms with Crippen LogP contribution in [0.4, 0.5) is 0 Å². The highest BCUT2D eigenvalue weighted by molar-refractivity contribution is 5.96. The maximum Gasteiger partial charge on any atom is 0.329 e. The number of carbonyl (C=O) groups excluding carboxylic acids is 2. The lowest BCUT2D eigenvalue weighted by molar-refractivity contribution is -0.133. The molecule has 2 aromatic rings. The van der Waals surface area contributed by atoms with Crippen molar-refractivity contribution in [2.75, 3.05) is 39.3 Å². The number of carbonyl (C=O) groups is 2. The number of benzene rings is 1. The normalized spacial score (nSPS) is 23.5. The smallest absolute Gasteiger partial charge is 0.329 e. The Morgan fingerprint density at radius 1 is 1.12 bits per heavy atom. The number of imidazole rings is 1. The third-order valence-corrected chi connectivity index (χ3v) is 7.03. The summed E-state index contributed by atoms with van der Waals surface area (Å²) in [4.78, 5) is 39.7. The molecule has 172 valence electrons. The zero-order chi connectivity index (χ0) is 22.2. The molecule has 0 bridgehead atoms. The molecule has 3 aliphatic rings. The van der Waals surface area contributed by atoms with Crippen LogP contribution in [-0.4, -0.2) is 71.2 Å². The quantitative estimate of drug-likeness (QED) is 0.663. The van der Waals surface area contributed by atoms with Gasteiger partial charge in [-0.25, -0.2) is 4.79 Å². The Hall–Kier alpha value is -2.49. The van der Waals surface area contributed by atoms with E-state index in [9.17, 15) is 14.4 Å². The van der Waals surface area contributed by atoms with E-state index in [0.29, 0.717) is 11.4 Å². The summed E-state index contributed by atoms with van der Waals surface area (Å²) in [7, 11) is 1.73. The molecule has 1 aromatic heterocycles. The van der Waals surface area contributed by atoms with Gasteiger partial charge >= 0.3 is 5.69 Å². The lowest BCUT2D eigenvalue weighted by Gasteiger charge is -2.40. The molecular formula is C23H31N5O4. The van der Waals surface area contributed by atoms with E-state index in [4.69, 9.17) is 4.74 Å². The van der Waals surface area contributed by atoms with Crippen LogP contribution < -0.4 is 16.3 Å². The van der Waals surface area contributed by atoms with E-state index >= 15 is 0 Å². The summed E-state index contributed by atoms with van der Waals surface area (Å²) in [6.07, 6.45) is 2.70. The van der Waals surface area contributed by atoms with Gasteiger partial charge in [0.15, 0.2) is 5.78 Å². The Morgan fingerprint density at radius 3 is 2.69 bits per heavy atom. The van der Waals surface area contributed by atoms with Crippen LogP contribution in [0.2, 0.25) is 0 Å². The highest BCUT2D eigenvalue weighted by atomic mass is 16.5. The van der Waals surface area contributed by atoms with Crippen LogP contribution in [0.1, 0.15) is 30.9 Å². The number of aryl methyl sites for hydroxylation is 1. The number of nitrogens with zero attached hydrogens (tertiary/aromatic N) is 3. The van der Waals surface area contributed by atoms with Gasteiger partial charge in [-0.05, 0) is 43.5 Å². The number of ketones is 1. The van der Waals surface area contributed by atoms with Gasteiger partial charge in [0.05, 0.1) is 23.7 Å². The molecule has 0 spiro atoms. The number of amides is 1. The molecule has 32 heavy (non-hydrogen) atoms. The minimum absolute atomic E-state index is 0.0376. The van der Waals surface area contributed by atoms with Crippen molar-refractivity contribution >= 4 is 22.7 Å². The van der Waals surface area contributed by atoms with Gasteiger partial charge in [0, 0.05) is 39.7 Å². The third kappa shape index (κ3) is 4.00. The van der Waals surface area contributed by atoms with Crippen LogP contribution in [0.15, 0.2) is 23.0 Å². The van der Waals surface area contributed by atoms with Gasteiger partial charge in [-0.2, -0.15) is 0 Å². The molecule has 2 N–H and O–H groups in total. The topological polar surface area (TPSA) is 97.6 Å². The standard InChI is InChI=1S/C23H31N5O4/c1-26-21-16(11-27-12-18(13-27)32-14-15-5-7-24-8-6-15)3-2-4-19(21)28(23(26)31)20-9-17(29)10-25-22(20)30/h2-4,15,18,20,24H,5-14H2,1H3,(H,25,30). The van der Waals surface area contributed by atoms with Gasteiger partial charge in [-0.3, -0.25) is 23.6 Å². The van der Waals surface area contributed by atoms with Crippen molar-refractivity contribution in [1.29, 1.82) is 0 Å². The van der Waals surface area contributed by atoms with Crippen LogP contribution in [0.25, 0.3) is 11.0 Å². The zero-order valence-electron chi connectivity index (χ0n) is 18.5. The summed E-state index contributed by atoms with van der Waals surface area (Å²) in [6.45, 7) is 5.54. The summed E-state index contributed by atoms with van der Waals surface area (Å²) < 4.78 is 9.19. The van der Waals surface area contributed by atoms with Crippen LogP contribution in [0.3, 0.4) is 0 Å². The number of hydrogen-bond donors (Lipinski definition) is 2. The first-order valence-electron chi connectivity index (χ1n) is 11.5. The number of nitrogens with one attached hydrogen (secondary N) is 2. The first kappa shape index (κ1) is 21.4. The molecule has 0 radical (unpaired) electrons.